The van der Waals surface area contributed by atoms with Crippen molar-refractivity contribution in [2.24, 2.45) is 11.5 Å². The van der Waals surface area contributed by atoms with Crippen molar-refractivity contribution in [2.45, 2.75) is 44.0 Å². The lowest BCUT2D eigenvalue weighted by Gasteiger charge is -2.24. The van der Waals surface area contributed by atoms with Crippen LogP contribution in [0.15, 0.2) is 12.5 Å². The number of carboxylic acids is 1. The number of nitrogens with zero attached hydrogens (tertiary/aromatic N) is 1. The molecule has 0 aliphatic heterocycles. The molecule has 0 aliphatic rings. The molecule has 0 saturated heterocycles. The molecule has 0 saturated carbocycles. The van der Waals surface area contributed by atoms with Gasteiger partial charge in [-0.3, -0.25) is 24.0 Å². The predicted octanol–water partition coefficient (Wildman–Crippen LogP) is -4.29. The summed E-state index contributed by atoms with van der Waals surface area (Å²) in [6, 6.07) is -4.05. The lowest BCUT2D eigenvalue weighted by Crippen LogP contribution is -2.58. The Morgan fingerprint density at radius 3 is 2.27 bits per heavy atom. The van der Waals surface area contributed by atoms with Crippen molar-refractivity contribution in [3.63, 3.8) is 0 Å². The number of carbonyl (C=O) groups is 5. The van der Waals surface area contributed by atoms with Crippen LogP contribution in [-0.2, 0) is 30.4 Å². The van der Waals surface area contributed by atoms with Gasteiger partial charge in [0.15, 0.2) is 0 Å². The van der Waals surface area contributed by atoms with Gasteiger partial charge in [-0.15, -0.1) is 0 Å². The maximum absolute atomic E-state index is 12.7. The molecule has 14 nitrogen and oxygen atoms in total. The van der Waals surface area contributed by atoms with Crippen molar-refractivity contribution in [3.05, 3.63) is 18.2 Å². The zero-order valence-corrected chi connectivity index (χ0v) is 16.1. The lowest BCUT2D eigenvalue weighted by molar-refractivity contribution is -0.139. The first-order chi connectivity index (χ1) is 14.0. The highest BCUT2D eigenvalue weighted by Crippen LogP contribution is 2.02. The number of primary amides is 1. The number of amides is 4. The minimum Gasteiger partial charge on any atom is -0.480 e. The van der Waals surface area contributed by atoms with Crippen LogP contribution in [0.5, 0.6) is 0 Å². The van der Waals surface area contributed by atoms with Crippen LogP contribution in [0.25, 0.3) is 0 Å². The molecule has 0 radical (unpaired) electrons. The Morgan fingerprint density at radius 1 is 1.13 bits per heavy atom. The quantitative estimate of drug-likeness (QED) is 0.161. The van der Waals surface area contributed by atoms with Gasteiger partial charge in [0, 0.05) is 18.3 Å². The standard InChI is InChI=1S/C16H25N7O7/c1-7(24)13(18)16(30)23-9(2-8-4-19-6-21-8)15(29)22-10(3-11(17)25)14(28)20-5-12(26)27/h4,6-7,9-10,13,24H,2-3,5,18H2,1H3,(H2,17,25)(H,19,21)(H,20,28)(H,22,29)(H,23,30)(H,26,27). The summed E-state index contributed by atoms with van der Waals surface area (Å²) in [7, 11) is 0. The predicted molar refractivity (Wildman–Crippen MR) is 100 cm³/mol. The van der Waals surface area contributed by atoms with Crippen molar-refractivity contribution in [1.29, 1.82) is 0 Å². The van der Waals surface area contributed by atoms with E-state index in [0.29, 0.717) is 5.69 Å². The smallest absolute Gasteiger partial charge is 0.322 e. The normalized spacial score (nSPS) is 14.6. The van der Waals surface area contributed by atoms with E-state index in [0.717, 1.165) is 0 Å². The van der Waals surface area contributed by atoms with Crippen LogP contribution in [0, 0.1) is 0 Å². The van der Waals surface area contributed by atoms with Crippen LogP contribution in [0.3, 0.4) is 0 Å². The average molecular weight is 427 g/mol. The van der Waals surface area contributed by atoms with Crippen LogP contribution in [-0.4, -0.2) is 80.6 Å². The third-order valence-electron chi connectivity index (χ3n) is 3.89. The largest absolute Gasteiger partial charge is 0.480 e. The zero-order chi connectivity index (χ0) is 22.8. The van der Waals surface area contributed by atoms with Gasteiger partial charge in [-0.25, -0.2) is 4.98 Å². The number of carbonyl (C=O) groups excluding carboxylic acids is 4. The fraction of sp³-hybridized carbons (Fsp3) is 0.500. The second-order valence-electron chi connectivity index (χ2n) is 6.45. The van der Waals surface area contributed by atoms with Crippen molar-refractivity contribution < 1.29 is 34.2 Å². The van der Waals surface area contributed by atoms with E-state index in [9.17, 15) is 29.1 Å². The molecule has 30 heavy (non-hydrogen) atoms. The zero-order valence-electron chi connectivity index (χ0n) is 16.1. The molecule has 0 fully saturated rings. The molecule has 0 aromatic carbocycles. The Labute approximate surface area is 170 Å². The van der Waals surface area contributed by atoms with Gasteiger partial charge in [-0.2, -0.15) is 0 Å². The molecule has 4 unspecified atom stereocenters. The summed E-state index contributed by atoms with van der Waals surface area (Å²) in [5.74, 6) is -4.89. The molecule has 4 amide bonds. The summed E-state index contributed by atoms with van der Waals surface area (Å²) in [6.45, 7) is 0.561. The van der Waals surface area contributed by atoms with E-state index in [-0.39, 0.29) is 6.42 Å². The molecule has 1 aromatic heterocycles. The number of aliphatic carboxylic acids is 1. The molecule has 1 rings (SSSR count). The first-order valence-electron chi connectivity index (χ1n) is 8.80. The minimum absolute atomic E-state index is 0.0792. The Hall–Kier alpha value is -3.52. The maximum atomic E-state index is 12.7. The number of carboxylic acid groups (broad SMARTS) is 1. The lowest BCUT2D eigenvalue weighted by atomic mass is 10.1. The second-order valence-corrected chi connectivity index (χ2v) is 6.45. The number of hydrogen-bond acceptors (Lipinski definition) is 8. The summed E-state index contributed by atoms with van der Waals surface area (Å²) >= 11 is 0. The summed E-state index contributed by atoms with van der Waals surface area (Å²) in [5, 5.41) is 24.8. The number of imidazole rings is 1. The molecule has 1 heterocycles. The molecule has 0 aliphatic carbocycles. The van der Waals surface area contributed by atoms with E-state index < -0.39 is 66.8 Å². The van der Waals surface area contributed by atoms with Gasteiger partial charge in [0.25, 0.3) is 0 Å². The van der Waals surface area contributed by atoms with Crippen LogP contribution in [0.4, 0.5) is 0 Å². The van der Waals surface area contributed by atoms with Gasteiger partial charge >= 0.3 is 5.97 Å². The van der Waals surface area contributed by atoms with Gasteiger partial charge in [0.1, 0.15) is 24.7 Å². The molecular weight excluding hydrogens is 402 g/mol. The van der Waals surface area contributed by atoms with Crippen molar-refractivity contribution >= 4 is 29.6 Å². The summed E-state index contributed by atoms with van der Waals surface area (Å²) in [6.07, 6.45) is 0.883. The number of hydrogen-bond donors (Lipinski definition) is 8. The van der Waals surface area contributed by atoms with Crippen LogP contribution in [0.1, 0.15) is 19.0 Å². The molecular formula is C16H25N7O7. The number of H-pyrrole nitrogens is 1. The SMILES string of the molecule is CC(O)C(N)C(=O)NC(Cc1cnc[nH]1)C(=O)NC(CC(N)=O)C(=O)NCC(=O)O. The summed E-state index contributed by atoms with van der Waals surface area (Å²) in [4.78, 5) is 65.4. The highest BCUT2D eigenvalue weighted by atomic mass is 16.4. The van der Waals surface area contributed by atoms with E-state index in [2.05, 4.69) is 20.6 Å². The number of rotatable bonds is 12. The van der Waals surface area contributed by atoms with Gasteiger partial charge in [0.05, 0.1) is 18.9 Å². The minimum atomic E-state index is -1.47. The van der Waals surface area contributed by atoms with Crippen molar-refractivity contribution in [1.82, 2.24) is 25.9 Å². The number of aliphatic hydroxyl groups is 1. The monoisotopic (exact) mass is 427 g/mol. The average Bonchev–Trinajstić information content (AvgIpc) is 3.16. The molecule has 0 spiro atoms. The number of nitrogens with one attached hydrogen (secondary N) is 4. The Balaban J connectivity index is 2.97. The second kappa shape index (κ2) is 11.5. The van der Waals surface area contributed by atoms with Gasteiger partial charge in [-0.1, -0.05) is 0 Å². The van der Waals surface area contributed by atoms with Gasteiger partial charge in [0.2, 0.25) is 23.6 Å². The molecule has 14 heteroatoms. The molecule has 166 valence electrons. The van der Waals surface area contributed by atoms with E-state index in [4.69, 9.17) is 16.6 Å². The van der Waals surface area contributed by atoms with E-state index in [1.807, 2.05) is 5.32 Å². The molecule has 0 bridgehead atoms. The number of aromatic amines is 1. The summed E-state index contributed by atoms with van der Waals surface area (Å²) in [5.41, 5.74) is 11.1. The topological polar surface area (TPSA) is 243 Å². The van der Waals surface area contributed by atoms with E-state index >= 15 is 0 Å². The molecule has 10 N–H and O–H groups in total. The van der Waals surface area contributed by atoms with E-state index in [1.54, 1.807) is 0 Å². The maximum Gasteiger partial charge on any atom is 0.322 e. The number of aromatic nitrogens is 2. The van der Waals surface area contributed by atoms with Crippen LogP contribution >= 0.6 is 0 Å². The van der Waals surface area contributed by atoms with E-state index in [1.165, 1.54) is 19.4 Å². The highest BCUT2D eigenvalue weighted by molar-refractivity contribution is 5.95. The van der Waals surface area contributed by atoms with Crippen molar-refractivity contribution in [2.75, 3.05) is 6.54 Å². The van der Waals surface area contributed by atoms with Crippen LogP contribution in [0.2, 0.25) is 0 Å². The third kappa shape index (κ3) is 8.24. The molecule has 1 aromatic rings. The van der Waals surface area contributed by atoms with Gasteiger partial charge in [-0.05, 0) is 6.92 Å². The fourth-order valence-electron chi connectivity index (χ4n) is 2.28. The fourth-order valence-corrected chi connectivity index (χ4v) is 2.28. The highest BCUT2D eigenvalue weighted by Gasteiger charge is 2.30. The van der Waals surface area contributed by atoms with Gasteiger partial charge < -0.3 is 42.6 Å². The number of aliphatic hydroxyl groups excluding tert-OH is 1. The first-order valence-corrected chi connectivity index (χ1v) is 8.80. The summed E-state index contributed by atoms with van der Waals surface area (Å²) < 4.78 is 0. The first kappa shape index (κ1) is 24.5. The Kier molecular flexibility index (Phi) is 9.38. The third-order valence-corrected chi connectivity index (χ3v) is 3.89. The Bertz CT molecular complexity index is 766. The molecule has 4 atom stereocenters. The van der Waals surface area contributed by atoms with Crippen LogP contribution < -0.4 is 27.4 Å². The van der Waals surface area contributed by atoms with Crippen molar-refractivity contribution in [3.8, 4) is 0 Å². The number of nitrogens with two attached hydrogens (primary N) is 2. The Morgan fingerprint density at radius 2 is 1.77 bits per heavy atom.